The lowest BCUT2D eigenvalue weighted by atomic mass is 10.0. The van der Waals surface area contributed by atoms with Crippen LogP contribution >= 0.6 is 0 Å². The number of benzene rings is 1. The molecule has 0 aromatic heterocycles. The van der Waals surface area contributed by atoms with Crippen molar-refractivity contribution in [3.8, 4) is 0 Å². The SMILES string of the molecule is CCCC(NC)c1ccc(C(F)(F)F)c(F)c1. The second-order valence-corrected chi connectivity index (χ2v) is 3.87. The molecule has 0 bridgehead atoms. The van der Waals surface area contributed by atoms with E-state index in [1.165, 1.54) is 6.07 Å². The topological polar surface area (TPSA) is 12.0 Å². The molecule has 0 amide bonds. The summed E-state index contributed by atoms with van der Waals surface area (Å²) in [7, 11) is 1.70. The summed E-state index contributed by atoms with van der Waals surface area (Å²) >= 11 is 0. The number of nitrogens with one attached hydrogen (secondary N) is 1. The predicted octanol–water partition coefficient (Wildman–Crippen LogP) is 3.91. The zero-order valence-electron chi connectivity index (χ0n) is 9.74. The standard InChI is InChI=1S/C12H15F4N/c1-3-4-11(17-2)8-5-6-9(10(13)7-8)12(14,15)16/h5-7,11,17H,3-4H2,1-2H3. The monoisotopic (exact) mass is 249 g/mol. The van der Waals surface area contributed by atoms with Crippen molar-refractivity contribution in [2.75, 3.05) is 7.05 Å². The molecule has 0 aliphatic rings. The molecule has 0 heterocycles. The van der Waals surface area contributed by atoms with Crippen LogP contribution < -0.4 is 5.32 Å². The van der Waals surface area contributed by atoms with Crippen LogP contribution in [0.4, 0.5) is 17.6 Å². The Morgan fingerprint density at radius 2 is 1.94 bits per heavy atom. The van der Waals surface area contributed by atoms with Crippen LogP contribution in [0.25, 0.3) is 0 Å². The maximum absolute atomic E-state index is 13.3. The predicted molar refractivity (Wildman–Crippen MR) is 58.1 cm³/mol. The van der Waals surface area contributed by atoms with E-state index in [9.17, 15) is 17.6 Å². The van der Waals surface area contributed by atoms with Crippen molar-refractivity contribution in [3.63, 3.8) is 0 Å². The van der Waals surface area contributed by atoms with Crippen molar-refractivity contribution >= 4 is 0 Å². The van der Waals surface area contributed by atoms with E-state index in [0.29, 0.717) is 5.56 Å². The highest BCUT2D eigenvalue weighted by atomic mass is 19.4. The van der Waals surface area contributed by atoms with E-state index in [-0.39, 0.29) is 6.04 Å². The van der Waals surface area contributed by atoms with Crippen LogP contribution in [0, 0.1) is 5.82 Å². The van der Waals surface area contributed by atoms with Gasteiger partial charge in [0.25, 0.3) is 0 Å². The third kappa shape index (κ3) is 3.43. The lowest BCUT2D eigenvalue weighted by molar-refractivity contribution is -0.140. The molecule has 1 atom stereocenters. The summed E-state index contributed by atoms with van der Waals surface area (Å²) in [5.41, 5.74) is -0.674. The molecule has 0 aliphatic carbocycles. The van der Waals surface area contributed by atoms with Crippen molar-refractivity contribution in [3.05, 3.63) is 35.1 Å². The van der Waals surface area contributed by atoms with Gasteiger partial charge in [-0.3, -0.25) is 0 Å². The summed E-state index contributed by atoms with van der Waals surface area (Å²) in [4.78, 5) is 0. The Hall–Kier alpha value is -1.10. The summed E-state index contributed by atoms with van der Waals surface area (Å²) in [6.45, 7) is 1.96. The molecule has 1 unspecified atom stereocenters. The fourth-order valence-electron chi connectivity index (χ4n) is 1.74. The van der Waals surface area contributed by atoms with Crippen molar-refractivity contribution in [1.82, 2.24) is 5.32 Å². The maximum Gasteiger partial charge on any atom is 0.419 e. The average Bonchev–Trinajstić information content (AvgIpc) is 2.23. The van der Waals surface area contributed by atoms with Crippen LogP contribution in [-0.4, -0.2) is 7.05 Å². The van der Waals surface area contributed by atoms with Gasteiger partial charge in [-0.1, -0.05) is 19.4 Å². The van der Waals surface area contributed by atoms with Gasteiger partial charge in [-0.05, 0) is 31.2 Å². The van der Waals surface area contributed by atoms with E-state index in [1.807, 2.05) is 6.92 Å². The molecule has 0 saturated heterocycles. The molecule has 0 aliphatic heterocycles. The van der Waals surface area contributed by atoms with Gasteiger partial charge < -0.3 is 5.32 Å². The highest BCUT2D eigenvalue weighted by Gasteiger charge is 2.34. The molecular formula is C12H15F4N. The number of rotatable bonds is 4. The maximum atomic E-state index is 13.3. The van der Waals surface area contributed by atoms with Gasteiger partial charge in [0.05, 0.1) is 5.56 Å². The van der Waals surface area contributed by atoms with Gasteiger partial charge in [-0.2, -0.15) is 13.2 Å². The van der Waals surface area contributed by atoms with E-state index in [0.717, 1.165) is 25.0 Å². The second kappa shape index (κ2) is 5.49. The zero-order chi connectivity index (χ0) is 13.1. The van der Waals surface area contributed by atoms with Gasteiger partial charge >= 0.3 is 6.18 Å². The van der Waals surface area contributed by atoms with E-state index in [2.05, 4.69) is 5.32 Å². The van der Waals surface area contributed by atoms with Crippen molar-refractivity contribution in [1.29, 1.82) is 0 Å². The van der Waals surface area contributed by atoms with Gasteiger partial charge in [0.2, 0.25) is 0 Å². The van der Waals surface area contributed by atoms with Crippen LogP contribution in [0.1, 0.15) is 36.9 Å². The first kappa shape index (κ1) is 14.0. The zero-order valence-corrected chi connectivity index (χ0v) is 9.74. The molecule has 1 aromatic carbocycles. The minimum atomic E-state index is -4.64. The first-order valence-electron chi connectivity index (χ1n) is 5.44. The van der Waals surface area contributed by atoms with Crippen LogP contribution in [0.15, 0.2) is 18.2 Å². The van der Waals surface area contributed by atoms with E-state index < -0.39 is 17.6 Å². The largest absolute Gasteiger partial charge is 0.419 e. The van der Waals surface area contributed by atoms with Crippen molar-refractivity contribution in [2.24, 2.45) is 0 Å². The highest BCUT2D eigenvalue weighted by molar-refractivity contribution is 5.28. The Bertz CT molecular complexity index is 373. The molecular weight excluding hydrogens is 234 g/mol. The highest BCUT2D eigenvalue weighted by Crippen LogP contribution is 2.32. The molecule has 0 radical (unpaired) electrons. The Balaban J connectivity index is 3.03. The lowest BCUT2D eigenvalue weighted by Gasteiger charge is -2.17. The molecule has 1 aromatic rings. The molecule has 1 N–H and O–H groups in total. The Morgan fingerprint density at radius 3 is 2.35 bits per heavy atom. The smallest absolute Gasteiger partial charge is 0.313 e. The first-order valence-corrected chi connectivity index (χ1v) is 5.44. The molecule has 0 saturated carbocycles. The number of halogens is 4. The summed E-state index contributed by atoms with van der Waals surface area (Å²) in [5, 5.41) is 2.96. The summed E-state index contributed by atoms with van der Waals surface area (Å²) in [5.74, 6) is -1.22. The quantitative estimate of drug-likeness (QED) is 0.798. The fraction of sp³-hybridized carbons (Fsp3) is 0.500. The van der Waals surface area contributed by atoms with Crippen molar-refractivity contribution < 1.29 is 17.6 Å². The molecule has 5 heteroatoms. The minimum absolute atomic E-state index is 0.114. The summed E-state index contributed by atoms with van der Waals surface area (Å²) < 4.78 is 50.4. The summed E-state index contributed by atoms with van der Waals surface area (Å²) in [6.07, 6.45) is -3.02. The Morgan fingerprint density at radius 1 is 1.29 bits per heavy atom. The fourth-order valence-corrected chi connectivity index (χ4v) is 1.74. The number of alkyl halides is 3. The van der Waals surface area contributed by atoms with Gasteiger partial charge in [0.15, 0.2) is 0 Å². The molecule has 0 fully saturated rings. The summed E-state index contributed by atoms with van der Waals surface area (Å²) in [6, 6.07) is 2.96. The first-order chi connectivity index (χ1) is 7.90. The van der Waals surface area contributed by atoms with E-state index in [1.54, 1.807) is 7.05 Å². The van der Waals surface area contributed by atoms with Gasteiger partial charge in [0, 0.05) is 6.04 Å². The number of hydrogen-bond donors (Lipinski definition) is 1. The molecule has 96 valence electrons. The van der Waals surface area contributed by atoms with Gasteiger partial charge in [-0.15, -0.1) is 0 Å². The minimum Gasteiger partial charge on any atom is -0.313 e. The Kier molecular flexibility index (Phi) is 4.51. The third-order valence-corrected chi connectivity index (χ3v) is 2.63. The van der Waals surface area contributed by atoms with E-state index >= 15 is 0 Å². The molecule has 17 heavy (non-hydrogen) atoms. The van der Waals surface area contributed by atoms with E-state index in [4.69, 9.17) is 0 Å². The lowest BCUT2D eigenvalue weighted by Crippen LogP contribution is -2.17. The third-order valence-electron chi connectivity index (χ3n) is 2.63. The molecule has 0 spiro atoms. The van der Waals surface area contributed by atoms with Crippen LogP contribution in [0.3, 0.4) is 0 Å². The average molecular weight is 249 g/mol. The molecule has 1 nitrogen and oxygen atoms in total. The van der Waals surface area contributed by atoms with Crippen LogP contribution in [-0.2, 0) is 6.18 Å². The Labute approximate surface area is 97.8 Å². The van der Waals surface area contributed by atoms with Crippen molar-refractivity contribution in [2.45, 2.75) is 32.0 Å². The normalized spacial score (nSPS) is 13.8. The second-order valence-electron chi connectivity index (χ2n) is 3.87. The number of hydrogen-bond acceptors (Lipinski definition) is 1. The molecule has 1 rings (SSSR count). The van der Waals surface area contributed by atoms with Crippen LogP contribution in [0.2, 0.25) is 0 Å². The van der Waals surface area contributed by atoms with Crippen LogP contribution in [0.5, 0.6) is 0 Å². The van der Waals surface area contributed by atoms with Gasteiger partial charge in [0.1, 0.15) is 5.82 Å². The van der Waals surface area contributed by atoms with Gasteiger partial charge in [-0.25, -0.2) is 4.39 Å².